The van der Waals surface area contributed by atoms with Gasteiger partial charge in [-0.2, -0.15) is 0 Å². The standard InChI is InChI=1S/C12H19ClN4/c1-12(2,3)17-6-4-16(5-7-17)11-8-10(13)14-9-15-11/h8-9H,4-7H2,1-3H3. The van der Waals surface area contributed by atoms with E-state index < -0.39 is 0 Å². The van der Waals surface area contributed by atoms with Crippen molar-refractivity contribution in [2.75, 3.05) is 31.1 Å². The molecular formula is C12H19ClN4. The van der Waals surface area contributed by atoms with E-state index in [4.69, 9.17) is 11.6 Å². The zero-order valence-electron chi connectivity index (χ0n) is 10.6. The summed E-state index contributed by atoms with van der Waals surface area (Å²) in [5.41, 5.74) is 0.245. The number of aromatic nitrogens is 2. The third kappa shape index (κ3) is 3.07. The SMILES string of the molecule is CC(C)(C)N1CCN(c2cc(Cl)ncn2)CC1. The monoisotopic (exact) mass is 254 g/mol. The summed E-state index contributed by atoms with van der Waals surface area (Å²) >= 11 is 5.88. The Balaban J connectivity index is 2.00. The maximum Gasteiger partial charge on any atom is 0.134 e. The Morgan fingerprint density at radius 3 is 2.29 bits per heavy atom. The molecule has 1 aromatic heterocycles. The molecule has 5 heteroatoms. The molecule has 0 aromatic carbocycles. The highest BCUT2D eigenvalue weighted by Crippen LogP contribution is 2.20. The van der Waals surface area contributed by atoms with Gasteiger partial charge in [0, 0.05) is 37.8 Å². The zero-order valence-corrected chi connectivity index (χ0v) is 11.4. The van der Waals surface area contributed by atoms with Crippen molar-refractivity contribution < 1.29 is 0 Å². The lowest BCUT2D eigenvalue weighted by Gasteiger charge is -2.42. The van der Waals surface area contributed by atoms with Crippen LogP contribution >= 0.6 is 11.6 Å². The maximum absolute atomic E-state index is 5.88. The molecule has 0 atom stereocenters. The van der Waals surface area contributed by atoms with Gasteiger partial charge < -0.3 is 4.90 Å². The van der Waals surface area contributed by atoms with Gasteiger partial charge in [0.2, 0.25) is 0 Å². The summed E-state index contributed by atoms with van der Waals surface area (Å²) in [6, 6.07) is 1.83. The van der Waals surface area contributed by atoms with Crippen LogP contribution in [0.2, 0.25) is 5.15 Å². The minimum absolute atomic E-state index is 0.245. The topological polar surface area (TPSA) is 32.3 Å². The first-order valence-electron chi connectivity index (χ1n) is 5.94. The van der Waals surface area contributed by atoms with Crippen LogP contribution in [-0.4, -0.2) is 46.6 Å². The van der Waals surface area contributed by atoms with Gasteiger partial charge >= 0.3 is 0 Å². The number of piperazine rings is 1. The maximum atomic E-state index is 5.88. The van der Waals surface area contributed by atoms with Gasteiger partial charge in [0.1, 0.15) is 17.3 Å². The minimum atomic E-state index is 0.245. The van der Waals surface area contributed by atoms with Crippen LogP contribution in [0.15, 0.2) is 12.4 Å². The summed E-state index contributed by atoms with van der Waals surface area (Å²) in [4.78, 5) is 12.9. The quantitative estimate of drug-likeness (QED) is 0.718. The molecule has 1 aromatic rings. The number of anilines is 1. The highest BCUT2D eigenvalue weighted by Gasteiger charge is 2.26. The smallest absolute Gasteiger partial charge is 0.134 e. The van der Waals surface area contributed by atoms with Crippen LogP contribution < -0.4 is 4.90 Å². The van der Waals surface area contributed by atoms with Crippen molar-refractivity contribution in [3.63, 3.8) is 0 Å². The predicted octanol–water partition coefficient (Wildman–Crippen LogP) is 2.05. The molecule has 17 heavy (non-hydrogen) atoms. The fourth-order valence-corrected chi connectivity index (χ4v) is 2.24. The van der Waals surface area contributed by atoms with Crippen LogP contribution in [0.5, 0.6) is 0 Å². The van der Waals surface area contributed by atoms with E-state index in [-0.39, 0.29) is 5.54 Å². The fraction of sp³-hybridized carbons (Fsp3) is 0.667. The normalized spacial score (nSPS) is 18.5. The molecule has 0 spiro atoms. The van der Waals surface area contributed by atoms with E-state index >= 15 is 0 Å². The highest BCUT2D eigenvalue weighted by molar-refractivity contribution is 6.29. The molecule has 1 saturated heterocycles. The Hall–Kier alpha value is -0.870. The summed E-state index contributed by atoms with van der Waals surface area (Å²) in [5, 5.41) is 0.508. The van der Waals surface area contributed by atoms with Gasteiger partial charge in [-0.3, -0.25) is 4.90 Å². The van der Waals surface area contributed by atoms with Gasteiger partial charge in [0.15, 0.2) is 0 Å². The fourth-order valence-electron chi connectivity index (χ4n) is 2.10. The molecule has 4 nitrogen and oxygen atoms in total. The van der Waals surface area contributed by atoms with Crippen LogP contribution in [0.4, 0.5) is 5.82 Å². The lowest BCUT2D eigenvalue weighted by molar-refractivity contribution is 0.128. The average molecular weight is 255 g/mol. The lowest BCUT2D eigenvalue weighted by Crippen LogP contribution is -2.53. The summed E-state index contributed by atoms with van der Waals surface area (Å²) in [6.45, 7) is 10.9. The first-order valence-corrected chi connectivity index (χ1v) is 6.32. The molecule has 1 fully saturated rings. The van der Waals surface area contributed by atoms with E-state index in [0.717, 1.165) is 32.0 Å². The van der Waals surface area contributed by atoms with Crippen LogP contribution in [0.25, 0.3) is 0 Å². The van der Waals surface area contributed by atoms with Crippen LogP contribution in [0, 0.1) is 0 Å². The summed E-state index contributed by atoms with van der Waals surface area (Å²) in [7, 11) is 0. The van der Waals surface area contributed by atoms with E-state index in [9.17, 15) is 0 Å². The molecule has 0 aliphatic carbocycles. The number of hydrogen-bond acceptors (Lipinski definition) is 4. The lowest BCUT2D eigenvalue weighted by atomic mass is 10.1. The van der Waals surface area contributed by atoms with E-state index in [1.165, 1.54) is 6.33 Å². The van der Waals surface area contributed by atoms with Gasteiger partial charge in [0.25, 0.3) is 0 Å². The average Bonchev–Trinajstić information content (AvgIpc) is 2.28. The Bertz CT molecular complexity index is 380. The highest BCUT2D eigenvalue weighted by atomic mass is 35.5. The van der Waals surface area contributed by atoms with Gasteiger partial charge in [-0.25, -0.2) is 9.97 Å². The zero-order chi connectivity index (χ0) is 12.5. The molecule has 0 saturated carbocycles. The van der Waals surface area contributed by atoms with Crippen molar-refractivity contribution in [1.82, 2.24) is 14.9 Å². The van der Waals surface area contributed by atoms with Gasteiger partial charge in [0.05, 0.1) is 0 Å². The van der Waals surface area contributed by atoms with Crippen molar-refractivity contribution in [3.8, 4) is 0 Å². The first-order chi connectivity index (χ1) is 7.97. The second-order valence-corrected chi connectivity index (χ2v) is 5.73. The van der Waals surface area contributed by atoms with Crippen LogP contribution in [-0.2, 0) is 0 Å². The molecule has 0 bridgehead atoms. The van der Waals surface area contributed by atoms with Gasteiger partial charge in [-0.1, -0.05) is 11.6 Å². The second-order valence-electron chi connectivity index (χ2n) is 5.34. The Morgan fingerprint density at radius 1 is 1.12 bits per heavy atom. The van der Waals surface area contributed by atoms with Crippen molar-refractivity contribution in [2.45, 2.75) is 26.3 Å². The van der Waals surface area contributed by atoms with E-state index in [2.05, 4.69) is 40.5 Å². The molecule has 94 valence electrons. The van der Waals surface area contributed by atoms with Crippen LogP contribution in [0.1, 0.15) is 20.8 Å². The molecule has 1 aliphatic heterocycles. The molecule has 1 aliphatic rings. The number of halogens is 1. The van der Waals surface area contributed by atoms with Gasteiger partial charge in [-0.15, -0.1) is 0 Å². The molecular weight excluding hydrogens is 236 g/mol. The number of nitrogens with zero attached hydrogens (tertiary/aromatic N) is 4. The van der Waals surface area contributed by atoms with E-state index in [0.29, 0.717) is 5.15 Å². The molecule has 2 heterocycles. The molecule has 0 amide bonds. The minimum Gasteiger partial charge on any atom is -0.354 e. The van der Waals surface area contributed by atoms with Crippen molar-refractivity contribution >= 4 is 17.4 Å². The predicted molar refractivity (Wildman–Crippen MR) is 70.6 cm³/mol. The Morgan fingerprint density at radius 2 is 1.76 bits per heavy atom. The Kier molecular flexibility index (Phi) is 3.54. The van der Waals surface area contributed by atoms with Crippen molar-refractivity contribution in [3.05, 3.63) is 17.5 Å². The second kappa shape index (κ2) is 4.78. The number of rotatable bonds is 1. The summed E-state index contributed by atoms with van der Waals surface area (Å²) < 4.78 is 0. The largest absolute Gasteiger partial charge is 0.354 e. The van der Waals surface area contributed by atoms with Crippen molar-refractivity contribution in [2.24, 2.45) is 0 Å². The summed E-state index contributed by atoms with van der Waals surface area (Å²) in [6.07, 6.45) is 1.52. The first kappa shape index (κ1) is 12.6. The number of hydrogen-bond donors (Lipinski definition) is 0. The molecule has 0 radical (unpaired) electrons. The van der Waals surface area contributed by atoms with E-state index in [1.54, 1.807) is 0 Å². The third-order valence-electron chi connectivity index (χ3n) is 3.17. The third-order valence-corrected chi connectivity index (χ3v) is 3.38. The molecule has 0 unspecified atom stereocenters. The Labute approximate surface area is 108 Å². The molecule has 2 rings (SSSR count). The van der Waals surface area contributed by atoms with Crippen LogP contribution in [0.3, 0.4) is 0 Å². The van der Waals surface area contributed by atoms with E-state index in [1.807, 2.05) is 6.07 Å². The van der Waals surface area contributed by atoms with Gasteiger partial charge in [-0.05, 0) is 20.8 Å². The van der Waals surface area contributed by atoms with Crippen molar-refractivity contribution in [1.29, 1.82) is 0 Å². The summed E-state index contributed by atoms with van der Waals surface area (Å²) in [5.74, 6) is 0.929. The molecule has 0 N–H and O–H groups in total.